The molecule has 18 heavy (non-hydrogen) atoms. The molecule has 2 rings (SSSR count). The number of hydrogen-bond donors (Lipinski definition) is 0. The molecule has 0 aliphatic rings. The van der Waals surface area contributed by atoms with E-state index in [-0.39, 0.29) is 10.6 Å². The molecule has 94 valence electrons. The molecule has 0 spiro atoms. The van der Waals surface area contributed by atoms with Crippen LogP contribution < -0.4 is 0 Å². The van der Waals surface area contributed by atoms with Crippen LogP contribution >= 0.6 is 11.3 Å². The van der Waals surface area contributed by atoms with E-state index in [0.717, 1.165) is 16.3 Å². The summed E-state index contributed by atoms with van der Waals surface area (Å²) in [5, 5.41) is 13.7. The Bertz CT molecular complexity index is 590. The van der Waals surface area contributed by atoms with Crippen LogP contribution in [0.15, 0.2) is 23.6 Å². The Balaban J connectivity index is 2.44. The summed E-state index contributed by atoms with van der Waals surface area (Å²) in [5.74, 6) is 0.371. The highest BCUT2D eigenvalue weighted by Gasteiger charge is 2.14. The van der Waals surface area contributed by atoms with Crippen LogP contribution in [0.3, 0.4) is 0 Å². The third kappa shape index (κ3) is 2.41. The Hall–Kier alpha value is -1.75. The second kappa shape index (κ2) is 4.86. The third-order valence-electron chi connectivity index (χ3n) is 2.77. The first-order valence-electron chi connectivity index (χ1n) is 5.70. The zero-order chi connectivity index (χ0) is 13.3. The predicted octanol–water partition coefficient (Wildman–Crippen LogP) is 4.15. The average molecular weight is 262 g/mol. The van der Waals surface area contributed by atoms with Crippen molar-refractivity contribution in [2.75, 3.05) is 0 Å². The van der Waals surface area contributed by atoms with Crippen LogP contribution in [0.1, 0.15) is 31.0 Å². The summed E-state index contributed by atoms with van der Waals surface area (Å²) in [7, 11) is 0. The van der Waals surface area contributed by atoms with Gasteiger partial charge in [0.2, 0.25) is 0 Å². The minimum atomic E-state index is -0.351. The monoisotopic (exact) mass is 262 g/mol. The van der Waals surface area contributed by atoms with E-state index in [1.165, 1.54) is 11.3 Å². The fourth-order valence-corrected chi connectivity index (χ4v) is 2.60. The molecule has 0 saturated carbocycles. The lowest BCUT2D eigenvalue weighted by Gasteiger charge is -2.00. The summed E-state index contributed by atoms with van der Waals surface area (Å²) < 4.78 is 0. The van der Waals surface area contributed by atoms with Crippen LogP contribution in [-0.4, -0.2) is 9.91 Å². The lowest BCUT2D eigenvalue weighted by Crippen LogP contribution is -1.92. The standard InChI is InChI=1S/C13H14N2O2S/c1-8(2)11-7-18-13(14-11)10-5-4-9(3)12(6-10)15(16)17/h4-8H,1-3H3. The van der Waals surface area contributed by atoms with Gasteiger partial charge < -0.3 is 0 Å². The van der Waals surface area contributed by atoms with Crippen molar-refractivity contribution in [1.29, 1.82) is 0 Å². The third-order valence-corrected chi connectivity index (χ3v) is 3.68. The van der Waals surface area contributed by atoms with Gasteiger partial charge in [-0.05, 0) is 12.8 Å². The van der Waals surface area contributed by atoms with Gasteiger partial charge in [-0.15, -0.1) is 11.3 Å². The van der Waals surface area contributed by atoms with Crippen LogP contribution in [0.25, 0.3) is 10.6 Å². The van der Waals surface area contributed by atoms with E-state index in [1.54, 1.807) is 19.1 Å². The number of hydrogen-bond acceptors (Lipinski definition) is 4. The van der Waals surface area contributed by atoms with Crippen LogP contribution in [0, 0.1) is 17.0 Å². The van der Waals surface area contributed by atoms with Crippen LogP contribution in [0.4, 0.5) is 5.69 Å². The minimum Gasteiger partial charge on any atom is -0.258 e. The Morgan fingerprint density at radius 1 is 1.39 bits per heavy atom. The van der Waals surface area contributed by atoms with Crippen molar-refractivity contribution in [2.45, 2.75) is 26.7 Å². The van der Waals surface area contributed by atoms with Crippen LogP contribution in [-0.2, 0) is 0 Å². The first kappa shape index (κ1) is 12.7. The molecule has 4 nitrogen and oxygen atoms in total. The van der Waals surface area contributed by atoms with Crippen molar-refractivity contribution in [3.8, 4) is 10.6 Å². The number of nitro benzene ring substituents is 1. The van der Waals surface area contributed by atoms with E-state index in [2.05, 4.69) is 18.8 Å². The average Bonchev–Trinajstić information content (AvgIpc) is 2.78. The molecule has 1 aromatic heterocycles. The summed E-state index contributed by atoms with van der Waals surface area (Å²) in [4.78, 5) is 15.1. The maximum Gasteiger partial charge on any atom is 0.273 e. The quantitative estimate of drug-likeness (QED) is 0.616. The van der Waals surface area contributed by atoms with E-state index >= 15 is 0 Å². The van der Waals surface area contributed by atoms with E-state index in [4.69, 9.17) is 0 Å². The number of benzene rings is 1. The molecule has 0 fully saturated rings. The molecule has 0 saturated heterocycles. The second-order valence-electron chi connectivity index (χ2n) is 4.49. The van der Waals surface area contributed by atoms with Crippen molar-refractivity contribution in [3.05, 3.63) is 45.0 Å². The molecule has 0 amide bonds. The Morgan fingerprint density at radius 3 is 2.67 bits per heavy atom. The molecule has 1 heterocycles. The summed E-state index contributed by atoms with van der Waals surface area (Å²) in [6, 6.07) is 5.24. The van der Waals surface area contributed by atoms with Gasteiger partial charge in [-0.3, -0.25) is 10.1 Å². The zero-order valence-corrected chi connectivity index (χ0v) is 11.3. The largest absolute Gasteiger partial charge is 0.273 e. The van der Waals surface area contributed by atoms with Gasteiger partial charge in [-0.1, -0.05) is 26.0 Å². The molecule has 0 bridgehead atoms. The SMILES string of the molecule is Cc1ccc(-c2nc(C(C)C)cs2)cc1[N+](=O)[O-]. The minimum absolute atomic E-state index is 0.147. The molecular weight excluding hydrogens is 248 g/mol. The molecule has 0 unspecified atom stereocenters. The highest BCUT2D eigenvalue weighted by Crippen LogP contribution is 2.30. The van der Waals surface area contributed by atoms with Gasteiger partial charge >= 0.3 is 0 Å². The Labute approximate surface area is 109 Å². The maximum absolute atomic E-state index is 10.9. The molecule has 0 N–H and O–H groups in total. The lowest BCUT2D eigenvalue weighted by molar-refractivity contribution is -0.385. The van der Waals surface area contributed by atoms with Crippen molar-refractivity contribution in [1.82, 2.24) is 4.98 Å². The van der Waals surface area contributed by atoms with Gasteiger partial charge in [-0.25, -0.2) is 4.98 Å². The number of aromatic nitrogens is 1. The highest BCUT2D eigenvalue weighted by atomic mass is 32.1. The summed E-state index contributed by atoms with van der Waals surface area (Å²) >= 11 is 1.52. The van der Waals surface area contributed by atoms with Gasteiger partial charge in [0.15, 0.2) is 0 Å². The van der Waals surface area contributed by atoms with Crippen molar-refractivity contribution in [2.24, 2.45) is 0 Å². The lowest BCUT2D eigenvalue weighted by atomic mass is 10.1. The molecule has 1 aromatic carbocycles. The summed E-state index contributed by atoms with van der Waals surface area (Å²) in [6.07, 6.45) is 0. The van der Waals surface area contributed by atoms with Crippen molar-refractivity contribution < 1.29 is 4.92 Å². The normalized spacial score (nSPS) is 10.9. The van der Waals surface area contributed by atoms with E-state index in [1.807, 2.05) is 11.4 Å². The van der Waals surface area contributed by atoms with Gasteiger partial charge in [-0.2, -0.15) is 0 Å². The summed E-state index contributed by atoms with van der Waals surface area (Å²) in [6.45, 7) is 5.90. The number of rotatable bonds is 3. The molecule has 0 aliphatic carbocycles. The van der Waals surface area contributed by atoms with Crippen LogP contribution in [0.2, 0.25) is 0 Å². The first-order chi connectivity index (χ1) is 8.49. The highest BCUT2D eigenvalue weighted by molar-refractivity contribution is 7.13. The summed E-state index contributed by atoms with van der Waals surface area (Å²) in [5.41, 5.74) is 2.65. The molecular formula is C13H14N2O2S. The zero-order valence-electron chi connectivity index (χ0n) is 10.5. The predicted molar refractivity (Wildman–Crippen MR) is 73.0 cm³/mol. The fourth-order valence-electron chi connectivity index (χ4n) is 1.62. The number of thiazole rings is 1. The number of nitrogens with zero attached hydrogens (tertiary/aromatic N) is 2. The van der Waals surface area contributed by atoms with E-state index in [0.29, 0.717) is 11.5 Å². The van der Waals surface area contributed by atoms with Gasteiger partial charge in [0.1, 0.15) is 5.01 Å². The van der Waals surface area contributed by atoms with Crippen molar-refractivity contribution in [3.63, 3.8) is 0 Å². The van der Waals surface area contributed by atoms with Gasteiger partial charge in [0.05, 0.1) is 10.6 Å². The number of nitro groups is 1. The first-order valence-corrected chi connectivity index (χ1v) is 6.58. The molecule has 0 radical (unpaired) electrons. The Morgan fingerprint density at radius 2 is 2.11 bits per heavy atom. The molecule has 0 aliphatic heterocycles. The van der Waals surface area contributed by atoms with Crippen LogP contribution in [0.5, 0.6) is 0 Å². The molecule has 2 aromatic rings. The fraction of sp³-hybridized carbons (Fsp3) is 0.308. The van der Waals surface area contributed by atoms with E-state index < -0.39 is 0 Å². The topological polar surface area (TPSA) is 56.0 Å². The van der Waals surface area contributed by atoms with Gasteiger partial charge in [0.25, 0.3) is 5.69 Å². The molecule has 0 atom stereocenters. The Kier molecular flexibility index (Phi) is 3.43. The molecule has 5 heteroatoms. The smallest absolute Gasteiger partial charge is 0.258 e. The number of aryl methyl sites for hydroxylation is 1. The second-order valence-corrected chi connectivity index (χ2v) is 5.35. The van der Waals surface area contributed by atoms with E-state index in [9.17, 15) is 10.1 Å². The van der Waals surface area contributed by atoms with Crippen molar-refractivity contribution >= 4 is 17.0 Å². The maximum atomic E-state index is 10.9. The van der Waals surface area contributed by atoms with Gasteiger partial charge in [0, 0.05) is 22.6 Å².